The van der Waals surface area contributed by atoms with E-state index in [2.05, 4.69) is 15.5 Å². The van der Waals surface area contributed by atoms with Crippen LogP contribution >= 0.6 is 0 Å². The second kappa shape index (κ2) is 8.04. The van der Waals surface area contributed by atoms with E-state index in [9.17, 15) is 13.2 Å². The number of piperidine rings is 1. The first-order valence-electron chi connectivity index (χ1n) is 9.53. The summed E-state index contributed by atoms with van der Waals surface area (Å²) >= 11 is 0. The number of nitrogens with one attached hydrogen (secondary N) is 1. The molecule has 2 aromatic rings. The van der Waals surface area contributed by atoms with Crippen molar-refractivity contribution in [3.05, 3.63) is 29.3 Å². The van der Waals surface area contributed by atoms with Crippen LogP contribution in [-0.2, 0) is 35.0 Å². The second-order valence-electron chi connectivity index (χ2n) is 7.27. The van der Waals surface area contributed by atoms with Gasteiger partial charge >= 0.3 is 0 Å². The smallest absolute Gasteiger partial charge is 0.246 e. The number of carbonyl (C=O) groups excluding carboxylic acids is 1. The van der Waals surface area contributed by atoms with E-state index in [1.165, 1.54) is 4.31 Å². The van der Waals surface area contributed by atoms with Gasteiger partial charge in [0, 0.05) is 51.2 Å². The van der Waals surface area contributed by atoms with Crippen molar-refractivity contribution in [1.29, 1.82) is 0 Å². The van der Waals surface area contributed by atoms with Gasteiger partial charge in [0.15, 0.2) is 0 Å². The fourth-order valence-corrected chi connectivity index (χ4v) is 5.27. The minimum Gasteiger partial charge on any atom is -0.352 e. The molecule has 1 atom stereocenters. The number of sulfonamides is 1. The van der Waals surface area contributed by atoms with E-state index in [0.717, 1.165) is 11.3 Å². The Bertz CT molecular complexity index is 962. The van der Waals surface area contributed by atoms with E-state index in [4.69, 9.17) is 0 Å². The Hall–Kier alpha value is -2.20. The lowest BCUT2D eigenvalue weighted by Crippen LogP contribution is -2.45. The van der Waals surface area contributed by atoms with Gasteiger partial charge in [-0.1, -0.05) is 0 Å². The van der Waals surface area contributed by atoms with Crippen LogP contribution in [0.3, 0.4) is 0 Å². The molecule has 0 radical (unpaired) electrons. The monoisotopic (exact) mass is 408 g/mol. The molecule has 3 heterocycles. The van der Waals surface area contributed by atoms with Crippen LogP contribution in [0.2, 0.25) is 0 Å². The average Bonchev–Trinajstić information content (AvgIpc) is 3.21. The number of hydrogen-bond acceptors (Lipinski definition) is 5. The molecule has 3 rings (SSSR count). The van der Waals surface area contributed by atoms with E-state index >= 15 is 0 Å². The quantitative estimate of drug-likeness (QED) is 0.767. The molecular weight excluding hydrogens is 380 g/mol. The standard InChI is InChI=1S/C18H28N6O3S/c1-5-23-12-17(14(3)21-23)28(26,27)24-8-6-7-15(11-24)18(25)19-9-16-10-22(4)20-13(16)2/h10,12,15H,5-9,11H2,1-4H3,(H,19,25). The van der Waals surface area contributed by atoms with Gasteiger partial charge in [0.05, 0.1) is 17.3 Å². The molecule has 0 spiro atoms. The first-order chi connectivity index (χ1) is 13.2. The Labute approximate surface area is 165 Å². The van der Waals surface area contributed by atoms with Gasteiger partial charge in [-0.25, -0.2) is 8.42 Å². The predicted molar refractivity (Wildman–Crippen MR) is 104 cm³/mol. The van der Waals surface area contributed by atoms with Crippen LogP contribution in [0.1, 0.15) is 36.7 Å². The molecule has 1 aliphatic heterocycles. The van der Waals surface area contributed by atoms with Crippen molar-refractivity contribution in [2.45, 2.75) is 51.6 Å². The van der Waals surface area contributed by atoms with Gasteiger partial charge in [-0.3, -0.25) is 14.2 Å². The molecule has 1 fully saturated rings. The third kappa shape index (κ3) is 4.12. The lowest BCUT2D eigenvalue weighted by molar-refractivity contribution is -0.126. The van der Waals surface area contributed by atoms with Crippen molar-refractivity contribution >= 4 is 15.9 Å². The summed E-state index contributed by atoms with van der Waals surface area (Å²) < 4.78 is 30.9. The minimum atomic E-state index is -3.66. The van der Waals surface area contributed by atoms with Gasteiger partial charge in [-0.05, 0) is 33.6 Å². The summed E-state index contributed by atoms with van der Waals surface area (Å²) in [5.74, 6) is -0.480. The summed E-state index contributed by atoms with van der Waals surface area (Å²) in [4.78, 5) is 12.9. The Balaban J connectivity index is 1.68. The maximum atomic E-state index is 13.1. The maximum absolute atomic E-state index is 13.1. The number of carbonyl (C=O) groups is 1. The Kier molecular flexibility index (Phi) is 5.90. The van der Waals surface area contributed by atoms with E-state index in [-0.39, 0.29) is 23.3 Å². The molecule has 0 saturated carbocycles. The van der Waals surface area contributed by atoms with Gasteiger partial charge in [0.25, 0.3) is 0 Å². The van der Waals surface area contributed by atoms with Gasteiger partial charge in [0.1, 0.15) is 4.90 Å². The van der Waals surface area contributed by atoms with Crippen LogP contribution < -0.4 is 5.32 Å². The van der Waals surface area contributed by atoms with Crippen LogP contribution in [0.15, 0.2) is 17.3 Å². The Morgan fingerprint density at radius 3 is 2.61 bits per heavy atom. The van der Waals surface area contributed by atoms with E-state index in [1.807, 2.05) is 27.1 Å². The summed E-state index contributed by atoms with van der Waals surface area (Å²) in [7, 11) is -1.82. The molecule has 1 amide bonds. The molecule has 0 bridgehead atoms. The van der Waals surface area contributed by atoms with Crippen molar-refractivity contribution in [1.82, 2.24) is 29.2 Å². The predicted octanol–water partition coefficient (Wildman–Crippen LogP) is 0.970. The minimum absolute atomic E-state index is 0.121. The second-order valence-corrected chi connectivity index (χ2v) is 9.17. The van der Waals surface area contributed by atoms with Crippen LogP contribution in [0.4, 0.5) is 0 Å². The molecule has 2 aromatic heterocycles. The van der Waals surface area contributed by atoms with Crippen molar-refractivity contribution < 1.29 is 13.2 Å². The molecule has 0 aliphatic carbocycles. The molecular formula is C18H28N6O3S. The summed E-state index contributed by atoms with van der Waals surface area (Å²) in [5.41, 5.74) is 2.32. The highest BCUT2D eigenvalue weighted by molar-refractivity contribution is 7.89. The first-order valence-corrected chi connectivity index (χ1v) is 11.0. The number of nitrogens with zero attached hydrogens (tertiary/aromatic N) is 5. The van der Waals surface area contributed by atoms with Gasteiger partial charge in [-0.15, -0.1) is 0 Å². The highest BCUT2D eigenvalue weighted by Crippen LogP contribution is 2.25. The molecule has 154 valence electrons. The summed E-state index contributed by atoms with van der Waals surface area (Å²) in [6.45, 7) is 7.12. The zero-order valence-electron chi connectivity index (χ0n) is 16.8. The largest absolute Gasteiger partial charge is 0.352 e. The lowest BCUT2D eigenvalue weighted by atomic mass is 9.99. The number of rotatable bonds is 6. The molecule has 28 heavy (non-hydrogen) atoms. The topological polar surface area (TPSA) is 102 Å². The molecule has 10 heteroatoms. The summed E-state index contributed by atoms with van der Waals surface area (Å²) in [5, 5.41) is 11.4. The maximum Gasteiger partial charge on any atom is 0.246 e. The number of aryl methyl sites for hydroxylation is 4. The van der Waals surface area contributed by atoms with E-state index < -0.39 is 10.0 Å². The molecule has 9 nitrogen and oxygen atoms in total. The van der Waals surface area contributed by atoms with Gasteiger partial charge in [0.2, 0.25) is 15.9 Å². The summed E-state index contributed by atoms with van der Waals surface area (Å²) in [6.07, 6.45) is 4.78. The van der Waals surface area contributed by atoms with Crippen LogP contribution in [0, 0.1) is 19.8 Å². The first kappa shape index (κ1) is 20.5. The Morgan fingerprint density at radius 2 is 2.00 bits per heavy atom. The number of hydrogen-bond donors (Lipinski definition) is 1. The van der Waals surface area contributed by atoms with Crippen LogP contribution in [0.25, 0.3) is 0 Å². The third-order valence-electron chi connectivity index (χ3n) is 5.17. The van der Waals surface area contributed by atoms with Crippen molar-refractivity contribution in [3.8, 4) is 0 Å². The zero-order chi connectivity index (χ0) is 20.5. The highest BCUT2D eigenvalue weighted by atomic mass is 32.2. The van der Waals surface area contributed by atoms with Crippen molar-refractivity contribution in [2.24, 2.45) is 13.0 Å². The average molecular weight is 409 g/mol. The molecule has 1 N–H and O–H groups in total. The molecule has 1 unspecified atom stereocenters. The van der Waals surface area contributed by atoms with Crippen molar-refractivity contribution in [3.63, 3.8) is 0 Å². The SMILES string of the molecule is CCn1cc(S(=O)(=O)N2CCCC(C(=O)NCc3cn(C)nc3C)C2)c(C)n1. The van der Waals surface area contributed by atoms with E-state index in [0.29, 0.717) is 38.2 Å². The molecule has 1 aliphatic rings. The summed E-state index contributed by atoms with van der Waals surface area (Å²) in [6, 6.07) is 0. The van der Waals surface area contributed by atoms with Crippen LogP contribution in [-0.4, -0.2) is 51.3 Å². The number of amides is 1. The Morgan fingerprint density at radius 1 is 1.25 bits per heavy atom. The van der Waals surface area contributed by atoms with Crippen molar-refractivity contribution in [2.75, 3.05) is 13.1 Å². The zero-order valence-corrected chi connectivity index (χ0v) is 17.7. The fourth-order valence-electron chi connectivity index (χ4n) is 3.58. The van der Waals surface area contributed by atoms with Gasteiger partial charge in [-0.2, -0.15) is 14.5 Å². The van der Waals surface area contributed by atoms with E-state index in [1.54, 1.807) is 22.5 Å². The van der Waals surface area contributed by atoms with Gasteiger partial charge < -0.3 is 5.32 Å². The highest BCUT2D eigenvalue weighted by Gasteiger charge is 2.35. The third-order valence-corrected chi connectivity index (χ3v) is 7.13. The van der Waals surface area contributed by atoms with Crippen LogP contribution in [0.5, 0.6) is 0 Å². The normalized spacial score (nSPS) is 18.4. The molecule has 1 saturated heterocycles. The molecule has 0 aromatic carbocycles. The lowest BCUT2D eigenvalue weighted by Gasteiger charge is -2.31. The fraction of sp³-hybridized carbons (Fsp3) is 0.611. The number of aromatic nitrogens is 4.